The van der Waals surface area contributed by atoms with Gasteiger partial charge in [0.2, 0.25) is 5.91 Å². The molecule has 1 atom stereocenters. The Labute approximate surface area is 123 Å². The number of aryl methyl sites for hydroxylation is 1. The van der Waals surface area contributed by atoms with E-state index in [1.807, 2.05) is 6.20 Å². The lowest BCUT2D eigenvalue weighted by Crippen LogP contribution is -2.43. The van der Waals surface area contributed by atoms with Crippen molar-refractivity contribution in [1.82, 2.24) is 10.3 Å². The van der Waals surface area contributed by atoms with Gasteiger partial charge in [-0.25, -0.2) is 4.98 Å². The molecule has 0 aliphatic rings. The zero-order valence-electron chi connectivity index (χ0n) is 10.3. The lowest BCUT2D eigenvalue weighted by Gasteiger charge is -2.09. The number of carbonyl (C=O) groups is 1. The fraction of sp³-hybridized carbons (Fsp3) is 0.600. The highest BCUT2D eigenvalue weighted by molar-refractivity contribution is 7.11. The molecule has 1 rings (SSSR count). The highest BCUT2D eigenvalue weighted by atomic mass is 35.5. The maximum absolute atomic E-state index is 11.4. The number of thiazole rings is 1. The maximum Gasteiger partial charge on any atom is 0.239 e. The highest BCUT2D eigenvalue weighted by Gasteiger charge is 2.12. The molecule has 0 saturated carbocycles. The van der Waals surface area contributed by atoms with Gasteiger partial charge in [-0.1, -0.05) is 6.92 Å². The zero-order chi connectivity index (χ0) is 12.0. The number of aromatic nitrogens is 1. The monoisotopic (exact) mass is 315 g/mol. The molecule has 0 spiro atoms. The Morgan fingerprint density at radius 2 is 2.28 bits per heavy atom. The molecule has 0 aliphatic carbocycles. The standard InChI is InChI=1S/C10H17N3O2S.2ClH/c1-3-7-4-12-9(16-7)5-13-10(14)8(11)6-15-2;;/h4,8H,3,5-6,11H2,1-2H3,(H,13,14);2*1H. The average molecular weight is 316 g/mol. The van der Waals surface area contributed by atoms with Crippen molar-refractivity contribution in [1.29, 1.82) is 0 Å². The van der Waals surface area contributed by atoms with Crippen molar-refractivity contribution in [3.05, 3.63) is 16.1 Å². The smallest absolute Gasteiger partial charge is 0.239 e. The number of halogens is 2. The number of nitrogens with one attached hydrogen (secondary N) is 1. The Balaban J connectivity index is 0. The number of hydrogen-bond acceptors (Lipinski definition) is 5. The molecule has 1 heterocycles. The summed E-state index contributed by atoms with van der Waals surface area (Å²) in [5.74, 6) is -0.213. The van der Waals surface area contributed by atoms with E-state index in [0.717, 1.165) is 11.4 Å². The summed E-state index contributed by atoms with van der Waals surface area (Å²) in [7, 11) is 1.52. The number of nitrogens with zero attached hydrogens (tertiary/aromatic N) is 1. The number of hydrogen-bond donors (Lipinski definition) is 2. The van der Waals surface area contributed by atoms with E-state index in [2.05, 4.69) is 17.2 Å². The van der Waals surface area contributed by atoms with Crippen LogP contribution in [0.5, 0.6) is 0 Å². The van der Waals surface area contributed by atoms with Gasteiger partial charge in [0.15, 0.2) is 0 Å². The largest absolute Gasteiger partial charge is 0.383 e. The molecule has 1 aromatic heterocycles. The second-order valence-electron chi connectivity index (χ2n) is 3.35. The van der Waals surface area contributed by atoms with E-state index in [-0.39, 0.29) is 37.3 Å². The van der Waals surface area contributed by atoms with Crippen LogP contribution in [0.15, 0.2) is 6.20 Å². The van der Waals surface area contributed by atoms with Gasteiger partial charge in [-0.15, -0.1) is 36.2 Å². The van der Waals surface area contributed by atoms with Gasteiger partial charge in [0, 0.05) is 18.2 Å². The Morgan fingerprint density at radius 1 is 1.61 bits per heavy atom. The first kappa shape index (κ1) is 19.9. The van der Waals surface area contributed by atoms with Crippen LogP contribution in [0.25, 0.3) is 0 Å². The van der Waals surface area contributed by atoms with Gasteiger partial charge in [-0.3, -0.25) is 4.79 Å². The molecule has 0 bridgehead atoms. The topological polar surface area (TPSA) is 77.2 Å². The fourth-order valence-corrected chi connectivity index (χ4v) is 1.94. The van der Waals surface area contributed by atoms with Gasteiger partial charge in [0.05, 0.1) is 13.2 Å². The van der Waals surface area contributed by atoms with Crippen molar-refractivity contribution in [2.75, 3.05) is 13.7 Å². The van der Waals surface area contributed by atoms with Gasteiger partial charge < -0.3 is 15.8 Å². The lowest BCUT2D eigenvalue weighted by atomic mass is 10.3. The van der Waals surface area contributed by atoms with E-state index in [1.165, 1.54) is 12.0 Å². The van der Waals surface area contributed by atoms with Gasteiger partial charge in [0.1, 0.15) is 11.0 Å². The second-order valence-corrected chi connectivity index (χ2v) is 4.55. The molecule has 0 aromatic carbocycles. The van der Waals surface area contributed by atoms with Crippen LogP contribution in [0.4, 0.5) is 0 Å². The summed E-state index contributed by atoms with van der Waals surface area (Å²) in [5, 5.41) is 3.62. The van der Waals surface area contributed by atoms with Crippen molar-refractivity contribution in [3.8, 4) is 0 Å². The van der Waals surface area contributed by atoms with Crippen LogP contribution in [0, 0.1) is 0 Å². The molecule has 0 fully saturated rings. The summed E-state index contributed by atoms with van der Waals surface area (Å²) in [5.41, 5.74) is 5.57. The third-order valence-corrected chi connectivity index (χ3v) is 3.19. The first-order chi connectivity index (χ1) is 7.67. The average Bonchev–Trinajstić information content (AvgIpc) is 2.74. The third-order valence-electron chi connectivity index (χ3n) is 2.05. The third kappa shape index (κ3) is 6.51. The molecule has 106 valence electrons. The van der Waals surface area contributed by atoms with Crippen LogP contribution in [-0.2, 0) is 22.5 Å². The summed E-state index contributed by atoms with van der Waals surface area (Å²) in [6, 6.07) is -0.615. The van der Waals surface area contributed by atoms with E-state index in [0.29, 0.717) is 6.54 Å². The van der Waals surface area contributed by atoms with Crippen LogP contribution in [0.1, 0.15) is 16.8 Å². The molecular weight excluding hydrogens is 297 g/mol. The quantitative estimate of drug-likeness (QED) is 0.825. The number of nitrogens with two attached hydrogens (primary N) is 1. The summed E-state index contributed by atoms with van der Waals surface area (Å²) >= 11 is 1.60. The van der Waals surface area contributed by atoms with Crippen molar-refractivity contribution in [2.45, 2.75) is 25.9 Å². The summed E-state index contributed by atoms with van der Waals surface area (Å²) in [6.45, 7) is 2.73. The minimum absolute atomic E-state index is 0. The van der Waals surface area contributed by atoms with Crippen molar-refractivity contribution in [3.63, 3.8) is 0 Å². The van der Waals surface area contributed by atoms with Crippen molar-refractivity contribution < 1.29 is 9.53 Å². The van der Waals surface area contributed by atoms with E-state index in [1.54, 1.807) is 11.3 Å². The molecule has 1 amide bonds. The Hall–Kier alpha value is -0.400. The normalized spacial score (nSPS) is 11.1. The first-order valence-electron chi connectivity index (χ1n) is 5.13. The maximum atomic E-state index is 11.4. The fourth-order valence-electron chi connectivity index (χ4n) is 1.14. The van der Waals surface area contributed by atoms with Crippen LogP contribution >= 0.6 is 36.2 Å². The SMILES string of the molecule is CCc1cnc(CNC(=O)C(N)COC)s1.Cl.Cl. The molecule has 0 radical (unpaired) electrons. The second kappa shape index (κ2) is 10.5. The first-order valence-corrected chi connectivity index (χ1v) is 5.94. The van der Waals surface area contributed by atoms with Crippen molar-refractivity contribution in [2.24, 2.45) is 5.73 Å². The number of amides is 1. The van der Waals surface area contributed by atoms with Crippen LogP contribution in [0.2, 0.25) is 0 Å². The van der Waals surface area contributed by atoms with Gasteiger partial charge in [-0.05, 0) is 6.42 Å². The predicted octanol–water partition coefficient (Wildman–Crippen LogP) is 1.14. The van der Waals surface area contributed by atoms with E-state index in [4.69, 9.17) is 10.5 Å². The zero-order valence-corrected chi connectivity index (χ0v) is 12.8. The lowest BCUT2D eigenvalue weighted by molar-refractivity contribution is -0.123. The highest BCUT2D eigenvalue weighted by Crippen LogP contribution is 2.12. The number of rotatable bonds is 6. The van der Waals surface area contributed by atoms with Gasteiger partial charge in [-0.2, -0.15) is 0 Å². The number of methoxy groups -OCH3 is 1. The van der Waals surface area contributed by atoms with Crippen LogP contribution in [0.3, 0.4) is 0 Å². The molecule has 1 aromatic rings. The Kier molecular flexibility index (Phi) is 11.6. The summed E-state index contributed by atoms with van der Waals surface area (Å²) < 4.78 is 4.80. The molecule has 3 N–H and O–H groups in total. The minimum atomic E-state index is -0.615. The summed E-state index contributed by atoms with van der Waals surface area (Å²) in [6.07, 6.45) is 2.80. The van der Waals surface area contributed by atoms with E-state index < -0.39 is 6.04 Å². The van der Waals surface area contributed by atoms with Gasteiger partial charge >= 0.3 is 0 Å². The minimum Gasteiger partial charge on any atom is -0.383 e. The molecule has 8 heteroatoms. The van der Waals surface area contributed by atoms with E-state index >= 15 is 0 Å². The molecule has 5 nitrogen and oxygen atoms in total. The molecule has 18 heavy (non-hydrogen) atoms. The number of carbonyl (C=O) groups excluding carboxylic acids is 1. The molecule has 0 saturated heterocycles. The Bertz CT molecular complexity index is 350. The van der Waals surface area contributed by atoms with Gasteiger partial charge in [0.25, 0.3) is 0 Å². The summed E-state index contributed by atoms with van der Waals surface area (Å²) in [4.78, 5) is 16.9. The predicted molar refractivity (Wildman–Crippen MR) is 77.7 cm³/mol. The van der Waals surface area contributed by atoms with Crippen LogP contribution in [-0.4, -0.2) is 30.6 Å². The molecule has 1 unspecified atom stereocenters. The van der Waals surface area contributed by atoms with E-state index in [9.17, 15) is 4.79 Å². The van der Waals surface area contributed by atoms with Crippen LogP contribution < -0.4 is 11.1 Å². The molecular formula is C10H19Cl2N3O2S. The molecule has 0 aliphatic heterocycles. The number of ether oxygens (including phenoxy) is 1. The van der Waals surface area contributed by atoms with Crippen molar-refractivity contribution >= 4 is 42.1 Å². The Morgan fingerprint density at radius 3 is 2.78 bits per heavy atom.